The zero-order valence-corrected chi connectivity index (χ0v) is 11.1. The fraction of sp³-hybridized carbons (Fsp3) is 0.500. The summed E-state index contributed by atoms with van der Waals surface area (Å²) >= 11 is 0. The number of carbonyl (C=O) groups excluding carboxylic acids is 1. The van der Waals surface area contributed by atoms with Crippen LogP contribution in [0.3, 0.4) is 0 Å². The van der Waals surface area contributed by atoms with Crippen LogP contribution in [-0.2, 0) is 17.9 Å². The molecule has 1 aromatic rings. The van der Waals surface area contributed by atoms with E-state index in [1.165, 1.54) is 0 Å². The van der Waals surface area contributed by atoms with E-state index in [1.54, 1.807) is 0 Å². The third-order valence-electron chi connectivity index (χ3n) is 2.74. The second-order valence-corrected chi connectivity index (χ2v) is 4.41. The van der Waals surface area contributed by atoms with E-state index in [2.05, 4.69) is 10.6 Å². The zero-order valence-electron chi connectivity index (χ0n) is 11.1. The zero-order chi connectivity index (χ0) is 13.4. The Morgan fingerprint density at radius 2 is 1.89 bits per heavy atom. The molecule has 0 aliphatic rings. The van der Waals surface area contributed by atoms with Gasteiger partial charge in [0.2, 0.25) is 5.91 Å². The number of rotatable bonds is 7. The summed E-state index contributed by atoms with van der Waals surface area (Å²) in [5.41, 5.74) is 1.92. The summed E-state index contributed by atoms with van der Waals surface area (Å²) in [4.78, 5) is 11.6. The van der Waals surface area contributed by atoms with Crippen LogP contribution >= 0.6 is 0 Å². The molecule has 1 aromatic carbocycles. The molecular weight excluding hydrogens is 228 g/mol. The number of nitrogens with one attached hydrogen (secondary N) is 2. The fourth-order valence-corrected chi connectivity index (χ4v) is 1.73. The van der Waals surface area contributed by atoms with E-state index in [1.807, 2.05) is 38.1 Å². The van der Waals surface area contributed by atoms with E-state index in [0.717, 1.165) is 17.7 Å². The highest BCUT2D eigenvalue weighted by molar-refractivity contribution is 5.76. The molecule has 0 fully saturated rings. The summed E-state index contributed by atoms with van der Waals surface area (Å²) in [6.45, 7) is 5.48. The first kappa shape index (κ1) is 14.7. The van der Waals surface area contributed by atoms with Crippen molar-refractivity contribution in [1.29, 1.82) is 0 Å². The van der Waals surface area contributed by atoms with Gasteiger partial charge in [-0.2, -0.15) is 0 Å². The summed E-state index contributed by atoms with van der Waals surface area (Å²) in [5.74, 6) is 0.0506. The molecule has 0 aromatic heterocycles. The normalized spacial score (nSPS) is 12.2. The second-order valence-electron chi connectivity index (χ2n) is 4.41. The van der Waals surface area contributed by atoms with Crippen LogP contribution in [0, 0.1) is 0 Å². The van der Waals surface area contributed by atoms with Crippen molar-refractivity contribution in [1.82, 2.24) is 10.6 Å². The minimum absolute atomic E-state index is 0.0485. The van der Waals surface area contributed by atoms with Gasteiger partial charge in [-0.25, -0.2) is 0 Å². The van der Waals surface area contributed by atoms with Crippen molar-refractivity contribution in [2.45, 2.75) is 39.5 Å². The number of hydrogen-bond acceptors (Lipinski definition) is 3. The van der Waals surface area contributed by atoms with Crippen molar-refractivity contribution in [2.24, 2.45) is 0 Å². The lowest BCUT2D eigenvalue weighted by Crippen LogP contribution is -2.33. The number of hydrogen-bond donors (Lipinski definition) is 3. The molecule has 100 valence electrons. The minimum Gasteiger partial charge on any atom is -0.392 e. The lowest BCUT2D eigenvalue weighted by molar-refractivity contribution is -0.121. The second kappa shape index (κ2) is 7.84. The molecule has 0 radical (unpaired) electrons. The Kier molecular flexibility index (Phi) is 6.39. The maximum Gasteiger partial charge on any atom is 0.221 e. The molecule has 1 amide bonds. The van der Waals surface area contributed by atoms with Gasteiger partial charge >= 0.3 is 0 Å². The largest absolute Gasteiger partial charge is 0.392 e. The van der Waals surface area contributed by atoms with Gasteiger partial charge in [0.15, 0.2) is 0 Å². The molecule has 18 heavy (non-hydrogen) atoms. The Morgan fingerprint density at radius 3 is 2.44 bits per heavy atom. The van der Waals surface area contributed by atoms with Crippen LogP contribution in [0.1, 0.15) is 31.4 Å². The highest BCUT2D eigenvalue weighted by Gasteiger charge is 2.07. The van der Waals surface area contributed by atoms with Gasteiger partial charge in [-0.15, -0.1) is 0 Å². The van der Waals surface area contributed by atoms with Crippen molar-refractivity contribution >= 4 is 5.91 Å². The maximum atomic E-state index is 11.6. The van der Waals surface area contributed by atoms with Crippen molar-refractivity contribution in [2.75, 3.05) is 6.54 Å². The van der Waals surface area contributed by atoms with Crippen molar-refractivity contribution < 1.29 is 9.90 Å². The monoisotopic (exact) mass is 250 g/mol. The minimum atomic E-state index is 0.0485. The molecule has 0 heterocycles. The summed E-state index contributed by atoms with van der Waals surface area (Å²) < 4.78 is 0. The predicted molar refractivity (Wildman–Crippen MR) is 72.0 cm³/mol. The van der Waals surface area contributed by atoms with E-state index in [9.17, 15) is 4.79 Å². The summed E-state index contributed by atoms with van der Waals surface area (Å²) in [5, 5.41) is 15.0. The Morgan fingerprint density at radius 1 is 1.28 bits per heavy atom. The molecule has 4 heteroatoms. The van der Waals surface area contributed by atoms with Crippen molar-refractivity contribution in [3.05, 3.63) is 35.4 Å². The molecule has 0 saturated heterocycles. The van der Waals surface area contributed by atoms with Crippen LogP contribution in [-0.4, -0.2) is 23.6 Å². The smallest absolute Gasteiger partial charge is 0.221 e. The quantitative estimate of drug-likeness (QED) is 0.681. The lowest BCUT2D eigenvalue weighted by atomic mass is 10.1. The van der Waals surface area contributed by atoms with Gasteiger partial charge in [0.05, 0.1) is 6.61 Å². The van der Waals surface area contributed by atoms with Gasteiger partial charge in [0.25, 0.3) is 0 Å². The molecule has 1 unspecified atom stereocenters. The first-order chi connectivity index (χ1) is 8.65. The summed E-state index contributed by atoms with van der Waals surface area (Å²) in [6.07, 6.45) is 0.489. The highest BCUT2D eigenvalue weighted by Crippen LogP contribution is 2.04. The standard InChI is InChI=1S/C14H22N2O2/c1-3-15-11(2)8-14(18)16-9-12-4-6-13(10-17)7-5-12/h4-7,11,15,17H,3,8-10H2,1-2H3,(H,16,18). The van der Waals surface area contributed by atoms with Crippen LogP contribution in [0.4, 0.5) is 0 Å². The molecule has 0 aliphatic heterocycles. The Hall–Kier alpha value is -1.39. The van der Waals surface area contributed by atoms with Gasteiger partial charge in [-0.1, -0.05) is 31.2 Å². The summed E-state index contributed by atoms with van der Waals surface area (Å²) in [6, 6.07) is 7.76. The topological polar surface area (TPSA) is 61.4 Å². The highest BCUT2D eigenvalue weighted by atomic mass is 16.3. The van der Waals surface area contributed by atoms with Crippen molar-refractivity contribution in [3.63, 3.8) is 0 Å². The third-order valence-corrected chi connectivity index (χ3v) is 2.74. The molecule has 0 aliphatic carbocycles. The molecule has 1 atom stereocenters. The van der Waals surface area contributed by atoms with Gasteiger partial charge in [0, 0.05) is 19.0 Å². The van der Waals surface area contributed by atoms with Crippen LogP contribution in [0.2, 0.25) is 0 Å². The molecule has 0 bridgehead atoms. The van der Waals surface area contributed by atoms with Crippen LogP contribution in [0.5, 0.6) is 0 Å². The average molecular weight is 250 g/mol. The first-order valence-corrected chi connectivity index (χ1v) is 6.34. The molecule has 0 spiro atoms. The Labute approximate surface area is 108 Å². The molecule has 3 N–H and O–H groups in total. The molecule has 0 saturated carbocycles. The number of amides is 1. The first-order valence-electron chi connectivity index (χ1n) is 6.34. The van der Waals surface area contributed by atoms with Crippen molar-refractivity contribution in [3.8, 4) is 0 Å². The third kappa shape index (κ3) is 5.29. The van der Waals surface area contributed by atoms with E-state index >= 15 is 0 Å². The van der Waals surface area contributed by atoms with Gasteiger partial charge in [0.1, 0.15) is 0 Å². The van der Waals surface area contributed by atoms with Gasteiger partial charge in [-0.05, 0) is 24.6 Å². The van der Waals surface area contributed by atoms with Gasteiger partial charge in [-0.3, -0.25) is 4.79 Å². The predicted octanol–water partition coefficient (Wildman–Crippen LogP) is 1.18. The van der Waals surface area contributed by atoms with E-state index in [4.69, 9.17) is 5.11 Å². The maximum absolute atomic E-state index is 11.6. The number of aliphatic hydroxyl groups excluding tert-OH is 1. The van der Waals surface area contributed by atoms with Gasteiger partial charge < -0.3 is 15.7 Å². The fourth-order valence-electron chi connectivity index (χ4n) is 1.73. The molecular formula is C14H22N2O2. The number of aliphatic hydroxyl groups is 1. The number of benzene rings is 1. The van der Waals surface area contributed by atoms with Crippen LogP contribution < -0.4 is 10.6 Å². The van der Waals surface area contributed by atoms with E-state index in [-0.39, 0.29) is 18.6 Å². The Bertz CT molecular complexity index is 363. The van der Waals surface area contributed by atoms with E-state index < -0.39 is 0 Å². The summed E-state index contributed by atoms with van der Waals surface area (Å²) in [7, 11) is 0. The van der Waals surface area contributed by atoms with Crippen LogP contribution in [0.15, 0.2) is 24.3 Å². The average Bonchev–Trinajstić information content (AvgIpc) is 2.37. The lowest BCUT2D eigenvalue weighted by Gasteiger charge is -2.12. The SMILES string of the molecule is CCNC(C)CC(=O)NCc1ccc(CO)cc1. The molecule has 4 nitrogen and oxygen atoms in total. The van der Waals surface area contributed by atoms with E-state index in [0.29, 0.717) is 13.0 Å². The molecule has 1 rings (SSSR count). The van der Waals surface area contributed by atoms with Crippen LogP contribution in [0.25, 0.3) is 0 Å². The number of carbonyl (C=O) groups is 1. The Balaban J connectivity index is 2.33.